The number of benzene rings is 1. The molecule has 2 fully saturated rings. The molecule has 0 saturated carbocycles. The van der Waals surface area contributed by atoms with Gasteiger partial charge in [-0.15, -0.1) is 0 Å². The normalized spacial score (nSPS) is 23.7. The molecule has 2 heterocycles. The Morgan fingerprint density at radius 3 is 2.56 bits per heavy atom. The fraction of sp³-hybridized carbons (Fsp3) is 0.700. The molecule has 140 valence electrons. The minimum Gasteiger partial charge on any atom is -0.379 e. The minimum atomic E-state index is -0.170. The highest BCUT2D eigenvalue weighted by molar-refractivity contribution is 5.17. The van der Waals surface area contributed by atoms with Gasteiger partial charge >= 0.3 is 0 Å². The smallest absolute Gasteiger partial charge is 0.123 e. The van der Waals surface area contributed by atoms with Crippen LogP contribution in [-0.2, 0) is 15.9 Å². The van der Waals surface area contributed by atoms with E-state index in [0.717, 1.165) is 71.1 Å². The van der Waals surface area contributed by atoms with E-state index in [0.29, 0.717) is 0 Å². The van der Waals surface area contributed by atoms with Gasteiger partial charge in [0.1, 0.15) is 5.82 Å². The molecule has 2 aliphatic rings. The number of nitrogens with zero attached hydrogens (tertiary/aromatic N) is 2. The SMILES string of the molecule is CC(C)(CN1CCOCC1)CN1CCO[C@@H](Cc2cccc(F)c2)C1. The second-order valence-electron chi connectivity index (χ2n) is 8.11. The van der Waals surface area contributed by atoms with Crippen LogP contribution in [0.4, 0.5) is 4.39 Å². The first kappa shape index (κ1) is 18.8. The zero-order valence-electron chi connectivity index (χ0n) is 15.5. The number of rotatable bonds is 6. The van der Waals surface area contributed by atoms with E-state index in [1.54, 1.807) is 12.1 Å². The molecule has 25 heavy (non-hydrogen) atoms. The van der Waals surface area contributed by atoms with Gasteiger partial charge in [0.05, 0.1) is 25.9 Å². The predicted octanol–water partition coefficient (Wildman–Crippen LogP) is 2.43. The molecule has 0 aliphatic carbocycles. The average molecular weight is 350 g/mol. The molecule has 0 N–H and O–H groups in total. The van der Waals surface area contributed by atoms with E-state index >= 15 is 0 Å². The monoisotopic (exact) mass is 350 g/mol. The van der Waals surface area contributed by atoms with E-state index in [1.165, 1.54) is 6.07 Å². The first-order chi connectivity index (χ1) is 12.0. The Kier molecular flexibility index (Phi) is 6.44. The number of halogens is 1. The van der Waals surface area contributed by atoms with E-state index in [-0.39, 0.29) is 17.3 Å². The van der Waals surface area contributed by atoms with Crippen molar-refractivity contribution in [1.29, 1.82) is 0 Å². The first-order valence-electron chi connectivity index (χ1n) is 9.39. The lowest BCUT2D eigenvalue weighted by atomic mass is 9.91. The fourth-order valence-corrected chi connectivity index (χ4v) is 3.99. The molecule has 2 aliphatic heterocycles. The van der Waals surface area contributed by atoms with Crippen LogP contribution < -0.4 is 0 Å². The molecule has 1 aromatic carbocycles. The maximum Gasteiger partial charge on any atom is 0.123 e. The van der Waals surface area contributed by atoms with Crippen LogP contribution in [0.1, 0.15) is 19.4 Å². The summed E-state index contributed by atoms with van der Waals surface area (Å²) < 4.78 is 24.8. The standard InChI is InChI=1S/C20H31FN2O2/c1-20(2,15-22-6-9-24-10-7-22)16-23-8-11-25-19(14-23)13-17-4-3-5-18(21)12-17/h3-5,12,19H,6-11,13-16H2,1-2H3/t19-/m0/s1. The third-order valence-electron chi connectivity index (χ3n) is 4.98. The zero-order valence-corrected chi connectivity index (χ0v) is 15.5. The summed E-state index contributed by atoms with van der Waals surface area (Å²) in [5, 5.41) is 0. The molecule has 0 spiro atoms. The van der Waals surface area contributed by atoms with Crippen molar-refractivity contribution in [1.82, 2.24) is 9.80 Å². The molecule has 1 atom stereocenters. The topological polar surface area (TPSA) is 24.9 Å². The van der Waals surface area contributed by atoms with Gasteiger partial charge in [0, 0.05) is 39.3 Å². The Bertz CT molecular complexity index is 546. The summed E-state index contributed by atoms with van der Waals surface area (Å²) in [6.07, 6.45) is 0.924. The van der Waals surface area contributed by atoms with Crippen molar-refractivity contribution in [2.45, 2.75) is 26.4 Å². The number of hydrogen-bond acceptors (Lipinski definition) is 4. The van der Waals surface area contributed by atoms with Crippen LogP contribution in [0.15, 0.2) is 24.3 Å². The summed E-state index contributed by atoms with van der Waals surface area (Å²) in [6, 6.07) is 6.86. The number of hydrogen-bond donors (Lipinski definition) is 0. The highest BCUT2D eigenvalue weighted by Gasteiger charge is 2.29. The van der Waals surface area contributed by atoms with E-state index in [1.807, 2.05) is 6.07 Å². The second-order valence-corrected chi connectivity index (χ2v) is 8.11. The maximum atomic E-state index is 13.4. The van der Waals surface area contributed by atoms with E-state index in [2.05, 4.69) is 23.6 Å². The predicted molar refractivity (Wildman–Crippen MR) is 97.3 cm³/mol. The highest BCUT2D eigenvalue weighted by atomic mass is 19.1. The molecular weight excluding hydrogens is 319 g/mol. The van der Waals surface area contributed by atoms with E-state index in [4.69, 9.17) is 9.47 Å². The molecule has 3 rings (SSSR count). The van der Waals surface area contributed by atoms with Crippen LogP contribution in [0.2, 0.25) is 0 Å². The van der Waals surface area contributed by atoms with Crippen molar-refractivity contribution in [2.75, 3.05) is 59.1 Å². The van der Waals surface area contributed by atoms with Gasteiger partial charge in [0.2, 0.25) is 0 Å². The van der Waals surface area contributed by atoms with Crippen molar-refractivity contribution < 1.29 is 13.9 Å². The highest BCUT2D eigenvalue weighted by Crippen LogP contribution is 2.22. The van der Waals surface area contributed by atoms with Gasteiger partial charge in [-0.25, -0.2) is 4.39 Å². The lowest BCUT2D eigenvalue weighted by Gasteiger charge is -2.40. The van der Waals surface area contributed by atoms with Gasteiger partial charge in [0.15, 0.2) is 0 Å². The summed E-state index contributed by atoms with van der Waals surface area (Å²) in [6.45, 7) is 13.3. The Morgan fingerprint density at radius 2 is 1.80 bits per heavy atom. The third-order valence-corrected chi connectivity index (χ3v) is 4.98. The molecular formula is C20H31FN2O2. The summed E-state index contributed by atoms with van der Waals surface area (Å²) in [5.74, 6) is -0.170. The third kappa shape index (κ3) is 6.03. The quantitative estimate of drug-likeness (QED) is 0.787. The van der Waals surface area contributed by atoms with Gasteiger partial charge in [-0.1, -0.05) is 26.0 Å². The van der Waals surface area contributed by atoms with Gasteiger partial charge < -0.3 is 9.47 Å². The van der Waals surface area contributed by atoms with Crippen molar-refractivity contribution in [2.24, 2.45) is 5.41 Å². The number of morpholine rings is 2. The van der Waals surface area contributed by atoms with Crippen molar-refractivity contribution in [3.05, 3.63) is 35.6 Å². The van der Waals surface area contributed by atoms with Gasteiger partial charge in [-0.05, 0) is 29.5 Å². The maximum absolute atomic E-state index is 13.4. The van der Waals surface area contributed by atoms with Gasteiger partial charge in [-0.2, -0.15) is 0 Å². The van der Waals surface area contributed by atoms with E-state index < -0.39 is 0 Å². The lowest BCUT2D eigenvalue weighted by molar-refractivity contribution is -0.0439. The largest absolute Gasteiger partial charge is 0.379 e. The summed E-state index contributed by atoms with van der Waals surface area (Å²) in [5.41, 5.74) is 1.25. The second kappa shape index (κ2) is 8.58. The molecule has 0 bridgehead atoms. The van der Waals surface area contributed by atoms with E-state index in [9.17, 15) is 4.39 Å². The fourth-order valence-electron chi connectivity index (χ4n) is 3.99. The van der Waals surface area contributed by atoms with Crippen molar-refractivity contribution in [3.8, 4) is 0 Å². The Labute approximate surface area is 150 Å². The molecule has 0 amide bonds. The molecule has 1 aromatic rings. The molecule has 0 unspecified atom stereocenters. The molecule has 0 radical (unpaired) electrons. The first-order valence-corrected chi connectivity index (χ1v) is 9.39. The van der Waals surface area contributed by atoms with Crippen LogP contribution >= 0.6 is 0 Å². The van der Waals surface area contributed by atoms with Crippen molar-refractivity contribution >= 4 is 0 Å². The van der Waals surface area contributed by atoms with Crippen LogP contribution in [-0.4, -0.2) is 75.0 Å². The number of ether oxygens (including phenoxy) is 2. The zero-order chi connectivity index (χ0) is 17.7. The molecule has 4 nitrogen and oxygen atoms in total. The Morgan fingerprint density at radius 1 is 1.08 bits per heavy atom. The molecule has 5 heteroatoms. The van der Waals surface area contributed by atoms with Crippen molar-refractivity contribution in [3.63, 3.8) is 0 Å². The summed E-state index contributed by atoms with van der Waals surface area (Å²) in [4.78, 5) is 5.02. The summed E-state index contributed by atoms with van der Waals surface area (Å²) in [7, 11) is 0. The lowest BCUT2D eigenvalue weighted by Crippen LogP contribution is -2.50. The van der Waals surface area contributed by atoms with Crippen LogP contribution in [0.5, 0.6) is 0 Å². The van der Waals surface area contributed by atoms with Gasteiger partial charge in [-0.3, -0.25) is 9.80 Å². The summed E-state index contributed by atoms with van der Waals surface area (Å²) >= 11 is 0. The molecule has 2 saturated heterocycles. The van der Waals surface area contributed by atoms with Gasteiger partial charge in [0.25, 0.3) is 0 Å². The average Bonchev–Trinajstić information content (AvgIpc) is 2.55. The molecule has 0 aromatic heterocycles. The van der Waals surface area contributed by atoms with Crippen LogP contribution in [0, 0.1) is 11.2 Å². The van der Waals surface area contributed by atoms with Crippen LogP contribution in [0.25, 0.3) is 0 Å². The Hall–Kier alpha value is -1.01. The minimum absolute atomic E-state index is 0.148. The Balaban J connectivity index is 1.50. The van der Waals surface area contributed by atoms with Crippen LogP contribution in [0.3, 0.4) is 0 Å².